The Kier molecular flexibility index (Phi) is 5.60. The van der Waals surface area contributed by atoms with Crippen molar-refractivity contribution in [2.75, 3.05) is 13.7 Å². The summed E-state index contributed by atoms with van der Waals surface area (Å²) in [5.41, 5.74) is -0.599. The molecule has 5 fully saturated rings. The molecule has 4 aliphatic heterocycles. The summed E-state index contributed by atoms with van der Waals surface area (Å²) < 4.78 is 29.1. The highest BCUT2D eigenvalue weighted by Crippen LogP contribution is 2.60. The molecule has 1 aliphatic carbocycles. The number of hydrogen-bond acceptors (Lipinski definition) is 8. The summed E-state index contributed by atoms with van der Waals surface area (Å²) in [7, 11) is 1.33. The Balaban J connectivity index is 1.34. The lowest BCUT2D eigenvalue weighted by atomic mass is 9.58. The molecule has 0 aromatic heterocycles. The number of fused-ring (bicyclic) bond motifs is 2. The SMILES string of the molecule is COC(=O)COc1ccc(O[C@H]2OC3O[C@]4(C)CC[C@H]5[C@H](C)CC[C@@H]([C@H]2C)[C@@]35OO4)cc1. The maximum absolute atomic E-state index is 11.3. The Labute approximate surface area is 188 Å². The highest BCUT2D eigenvalue weighted by molar-refractivity contribution is 5.70. The molecule has 2 bridgehead atoms. The van der Waals surface area contributed by atoms with Crippen molar-refractivity contribution < 1.29 is 38.3 Å². The number of rotatable bonds is 5. The first kappa shape index (κ1) is 21.9. The van der Waals surface area contributed by atoms with Crippen molar-refractivity contribution in [1.82, 2.24) is 0 Å². The van der Waals surface area contributed by atoms with Gasteiger partial charge in [-0.05, 0) is 62.3 Å². The standard InChI is InChI=1S/C24H32O8/c1-14-5-10-19-15(2)21(28-17-8-6-16(7-9-17)27-13-20(25)26-4)29-22-24(19)18(14)11-12-23(3,30-22)31-32-24/h6-9,14-15,18-19,21-22H,5,10-13H2,1-4H3/t14-,15-,18+,19+,21+,22?,23+,24-/m1/s1. The van der Waals surface area contributed by atoms with Crippen LogP contribution in [0.25, 0.3) is 0 Å². The molecular formula is C24H32O8. The Bertz CT molecular complexity index is 843. The van der Waals surface area contributed by atoms with Crippen LogP contribution in [-0.2, 0) is 28.8 Å². The molecule has 0 radical (unpaired) electrons. The van der Waals surface area contributed by atoms with Crippen LogP contribution in [0, 0.1) is 23.7 Å². The molecule has 176 valence electrons. The number of hydrogen-bond donors (Lipinski definition) is 0. The van der Waals surface area contributed by atoms with Crippen LogP contribution >= 0.6 is 0 Å². The highest BCUT2D eigenvalue weighted by Gasteiger charge is 2.69. The number of esters is 1. The third-order valence-electron chi connectivity index (χ3n) is 7.76. The van der Waals surface area contributed by atoms with Crippen molar-refractivity contribution in [3.63, 3.8) is 0 Å². The first-order valence-electron chi connectivity index (χ1n) is 11.5. The first-order valence-corrected chi connectivity index (χ1v) is 11.5. The Morgan fingerprint density at radius 2 is 1.81 bits per heavy atom. The van der Waals surface area contributed by atoms with Crippen molar-refractivity contribution in [3.05, 3.63) is 24.3 Å². The largest absolute Gasteiger partial charge is 0.482 e. The molecule has 8 atom stereocenters. The van der Waals surface area contributed by atoms with Gasteiger partial charge in [-0.3, -0.25) is 0 Å². The van der Waals surface area contributed by atoms with E-state index in [1.54, 1.807) is 24.3 Å². The molecular weight excluding hydrogens is 416 g/mol. The van der Waals surface area contributed by atoms with Gasteiger partial charge in [-0.15, -0.1) is 0 Å². The zero-order chi connectivity index (χ0) is 22.5. The molecule has 4 heterocycles. The van der Waals surface area contributed by atoms with Gasteiger partial charge in [-0.25, -0.2) is 14.6 Å². The minimum absolute atomic E-state index is 0.0890. The smallest absolute Gasteiger partial charge is 0.343 e. The molecule has 8 heteroatoms. The van der Waals surface area contributed by atoms with Crippen LogP contribution in [-0.4, -0.2) is 43.7 Å². The van der Waals surface area contributed by atoms with Gasteiger partial charge in [0.05, 0.1) is 7.11 Å². The summed E-state index contributed by atoms with van der Waals surface area (Å²) in [5, 5.41) is 0. The van der Waals surface area contributed by atoms with Crippen LogP contribution in [0.15, 0.2) is 24.3 Å². The molecule has 6 rings (SSSR count). The molecule has 0 amide bonds. The Morgan fingerprint density at radius 1 is 1.06 bits per heavy atom. The van der Waals surface area contributed by atoms with Gasteiger partial charge in [0.1, 0.15) is 11.5 Å². The van der Waals surface area contributed by atoms with Gasteiger partial charge in [0.25, 0.3) is 0 Å². The fourth-order valence-electron chi connectivity index (χ4n) is 5.96. The Hall–Kier alpha value is -1.87. The third kappa shape index (κ3) is 3.57. The number of benzene rings is 1. The summed E-state index contributed by atoms with van der Waals surface area (Å²) in [6.07, 6.45) is 2.93. The molecule has 1 aromatic carbocycles. The highest BCUT2D eigenvalue weighted by atomic mass is 17.3. The second kappa shape index (κ2) is 8.17. The second-order valence-corrected chi connectivity index (χ2v) is 9.73. The second-order valence-electron chi connectivity index (χ2n) is 9.73. The first-order chi connectivity index (χ1) is 15.3. The van der Waals surface area contributed by atoms with Crippen molar-refractivity contribution in [3.8, 4) is 11.5 Å². The monoisotopic (exact) mass is 448 g/mol. The summed E-state index contributed by atoms with van der Waals surface area (Å²) in [6, 6.07) is 7.13. The lowest BCUT2D eigenvalue weighted by molar-refractivity contribution is -0.575. The zero-order valence-electron chi connectivity index (χ0n) is 19.1. The van der Waals surface area contributed by atoms with Crippen LogP contribution < -0.4 is 9.47 Å². The van der Waals surface area contributed by atoms with Crippen LogP contribution in [0.3, 0.4) is 0 Å². The average Bonchev–Trinajstić information content (AvgIpc) is 3.02. The van der Waals surface area contributed by atoms with Gasteiger partial charge in [0.2, 0.25) is 12.1 Å². The summed E-state index contributed by atoms with van der Waals surface area (Å²) in [6.45, 7) is 6.24. The van der Waals surface area contributed by atoms with Gasteiger partial charge in [-0.2, -0.15) is 0 Å². The van der Waals surface area contributed by atoms with E-state index in [9.17, 15) is 4.79 Å². The minimum Gasteiger partial charge on any atom is -0.482 e. The predicted molar refractivity (Wildman–Crippen MR) is 111 cm³/mol. The lowest BCUT2D eigenvalue weighted by Crippen LogP contribution is -2.70. The molecule has 4 saturated heterocycles. The summed E-state index contributed by atoms with van der Waals surface area (Å²) >= 11 is 0. The van der Waals surface area contributed by atoms with Gasteiger partial charge in [0, 0.05) is 18.3 Å². The summed E-state index contributed by atoms with van der Waals surface area (Å²) in [4.78, 5) is 23.3. The molecule has 0 N–H and O–H groups in total. The van der Waals surface area contributed by atoms with E-state index in [0.717, 1.165) is 25.7 Å². The van der Waals surface area contributed by atoms with E-state index in [4.69, 9.17) is 28.7 Å². The van der Waals surface area contributed by atoms with Gasteiger partial charge >= 0.3 is 5.97 Å². The van der Waals surface area contributed by atoms with Crippen LogP contribution in [0.4, 0.5) is 0 Å². The number of carbonyl (C=O) groups excluding carboxylic acids is 1. The molecule has 1 saturated carbocycles. The Morgan fingerprint density at radius 3 is 2.56 bits per heavy atom. The lowest BCUT2D eigenvalue weighted by Gasteiger charge is -2.60. The predicted octanol–water partition coefficient (Wildman–Crippen LogP) is 3.83. The van der Waals surface area contributed by atoms with Crippen molar-refractivity contribution in [2.24, 2.45) is 23.7 Å². The molecule has 8 nitrogen and oxygen atoms in total. The molecule has 32 heavy (non-hydrogen) atoms. The van der Waals surface area contributed by atoms with E-state index in [2.05, 4.69) is 18.6 Å². The van der Waals surface area contributed by atoms with Crippen molar-refractivity contribution in [1.29, 1.82) is 0 Å². The van der Waals surface area contributed by atoms with E-state index in [1.807, 2.05) is 6.92 Å². The van der Waals surface area contributed by atoms with E-state index < -0.39 is 29.9 Å². The fourth-order valence-corrected chi connectivity index (χ4v) is 5.96. The van der Waals surface area contributed by atoms with Gasteiger partial charge in [-0.1, -0.05) is 13.8 Å². The number of ether oxygens (including phenoxy) is 5. The number of carbonyl (C=O) groups is 1. The average molecular weight is 449 g/mol. The van der Waals surface area contributed by atoms with Gasteiger partial charge < -0.3 is 23.7 Å². The van der Waals surface area contributed by atoms with E-state index in [0.29, 0.717) is 23.3 Å². The van der Waals surface area contributed by atoms with Crippen molar-refractivity contribution >= 4 is 5.97 Å². The summed E-state index contributed by atoms with van der Waals surface area (Å²) in [5.74, 6) is 1.13. The molecule has 1 aromatic rings. The van der Waals surface area contributed by atoms with E-state index >= 15 is 0 Å². The quantitative estimate of drug-likeness (QED) is 0.497. The number of methoxy groups -OCH3 is 1. The minimum atomic E-state index is -0.804. The molecule has 1 spiro atoms. The third-order valence-corrected chi connectivity index (χ3v) is 7.76. The molecule has 1 unspecified atom stereocenters. The maximum Gasteiger partial charge on any atom is 0.343 e. The van der Waals surface area contributed by atoms with Crippen LogP contribution in [0.1, 0.15) is 46.5 Å². The topological polar surface area (TPSA) is 81.7 Å². The van der Waals surface area contributed by atoms with Crippen LogP contribution in [0.2, 0.25) is 0 Å². The maximum atomic E-state index is 11.3. The van der Waals surface area contributed by atoms with Crippen LogP contribution in [0.5, 0.6) is 11.5 Å². The molecule has 5 aliphatic rings. The van der Waals surface area contributed by atoms with Crippen molar-refractivity contribution in [2.45, 2.75) is 70.4 Å². The zero-order valence-corrected chi connectivity index (χ0v) is 19.1. The van der Waals surface area contributed by atoms with E-state index in [1.165, 1.54) is 7.11 Å². The normalized spacial score (nSPS) is 42.5. The fraction of sp³-hybridized carbons (Fsp3) is 0.708. The van der Waals surface area contributed by atoms with Gasteiger partial charge in [0.15, 0.2) is 18.5 Å². The van der Waals surface area contributed by atoms with E-state index in [-0.39, 0.29) is 18.4 Å².